The fraction of sp³-hybridized carbons (Fsp3) is 0.250. The number of nitrogen functional groups attached to an aromatic ring is 1. The number of hydrogen-bond acceptors (Lipinski definition) is 8. The Morgan fingerprint density at radius 2 is 2.35 bits per heavy atom. The third-order valence-corrected chi connectivity index (χ3v) is 2.54. The zero-order chi connectivity index (χ0) is 12.3. The van der Waals surface area contributed by atoms with Crippen molar-refractivity contribution >= 4 is 23.2 Å². The molecular weight excluding hydrogens is 244 g/mol. The Morgan fingerprint density at radius 3 is 3.00 bits per heavy atom. The van der Waals surface area contributed by atoms with E-state index in [-0.39, 0.29) is 16.8 Å². The highest BCUT2D eigenvalue weighted by Crippen LogP contribution is 2.09. The first-order chi connectivity index (χ1) is 8.17. The van der Waals surface area contributed by atoms with E-state index < -0.39 is 0 Å². The van der Waals surface area contributed by atoms with Crippen LogP contribution < -0.4 is 20.7 Å². The van der Waals surface area contributed by atoms with Gasteiger partial charge < -0.3 is 20.8 Å². The minimum absolute atomic E-state index is 0.0677. The molecule has 0 atom stereocenters. The van der Waals surface area contributed by atoms with Crippen molar-refractivity contribution in [3.63, 3.8) is 0 Å². The van der Waals surface area contributed by atoms with Crippen molar-refractivity contribution in [2.24, 2.45) is 0 Å². The molecule has 0 radical (unpaired) electrons. The van der Waals surface area contributed by atoms with Crippen LogP contribution in [-0.2, 0) is 6.54 Å². The largest absolute Gasteiger partial charge is 0.467 e. The molecule has 17 heavy (non-hydrogen) atoms. The van der Waals surface area contributed by atoms with Crippen molar-refractivity contribution < 1.29 is 4.74 Å². The highest BCUT2D eigenvalue weighted by molar-refractivity contribution is 7.07. The van der Waals surface area contributed by atoms with Crippen molar-refractivity contribution in [3.8, 4) is 6.01 Å². The molecule has 0 aliphatic carbocycles. The molecule has 0 aliphatic heterocycles. The fourth-order valence-corrected chi connectivity index (χ4v) is 1.70. The lowest BCUT2D eigenvalue weighted by Gasteiger charge is -2.04. The van der Waals surface area contributed by atoms with Crippen LogP contribution >= 0.6 is 11.3 Å². The van der Waals surface area contributed by atoms with Gasteiger partial charge in [0.05, 0.1) is 13.7 Å². The lowest BCUT2D eigenvalue weighted by Crippen LogP contribution is -2.09. The first-order valence-electron chi connectivity index (χ1n) is 4.63. The van der Waals surface area contributed by atoms with Gasteiger partial charge in [0.15, 0.2) is 0 Å². The van der Waals surface area contributed by atoms with Crippen LogP contribution in [0.1, 0.15) is 5.69 Å². The van der Waals surface area contributed by atoms with Gasteiger partial charge in [0.2, 0.25) is 11.9 Å². The summed E-state index contributed by atoms with van der Waals surface area (Å²) in [7, 11) is 1.44. The first kappa shape index (κ1) is 11.3. The Kier molecular flexibility index (Phi) is 3.19. The van der Waals surface area contributed by atoms with Crippen molar-refractivity contribution in [1.82, 2.24) is 19.9 Å². The highest BCUT2D eigenvalue weighted by Gasteiger charge is 2.04. The maximum absolute atomic E-state index is 10.9. The predicted molar refractivity (Wildman–Crippen MR) is 63.1 cm³/mol. The van der Waals surface area contributed by atoms with Crippen molar-refractivity contribution in [2.45, 2.75) is 6.54 Å². The van der Waals surface area contributed by atoms with Gasteiger partial charge in [0.25, 0.3) is 0 Å². The summed E-state index contributed by atoms with van der Waals surface area (Å²) in [5.74, 6) is 0.361. The number of rotatable bonds is 4. The molecule has 0 amide bonds. The molecule has 9 heteroatoms. The molecule has 90 valence electrons. The quantitative estimate of drug-likeness (QED) is 0.692. The number of nitrogens with two attached hydrogens (primary N) is 1. The zero-order valence-corrected chi connectivity index (χ0v) is 9.74. The van der Waals surface area contributed by atoms with E-state index in [4.69, 9.17) is 10.5 Å². The molecule has 4 N–H and O–H groups in total. The van der Waals surface area contributed by atoms with Gasteiger partial charge in [-0.15, -0.1) is 0 Å². The number of hydrogen-bond donors (Lipinski definition) is 3. The Labute approximate surface area is 99.9 Å². The SMILES string of the molecule is COc1nc(N)nc(NCc2csc(=O)[nH]2)n1. The molecule has 2 rings (SSSR count). The number of nitrogens with one attached hydrogen (secondary N) is 2. The molecule has 0 unspecified atom stereocenters. The second-order valence-electron chi connectivity index (χ2n) is 3.03. The Morgan fingerprint density at radius 1 is 1.53 bits per heavy atom. The smallest absolute Gasteiger partial charge is 0.322 e. The monoisotopic (exact) mass is 254 g/mol. The first-order valence-corrected chi connectivity index (χ1v) is 5.51. The number of nitrogens with zero attached hydrogens (tertiary/aromatic N) is 3. The third kappa shape index (κ3) is 2.91. The molecule has 0 saturated carbocycles. The van der Waals surface area contributed by atoms with Gasteiger partial charge in [0.1, 0.15) is 0 Å². The lowest BCUT2D eigenvalue weighted by molar-refractivity contribution is 0.379. The second kappa shape index (κ2) is 4.78. The van der Waals surface area contributed by atoms with Crippen LogP contribution in [0.4, 0.5) is 11.9 Å². The Balaban J connectivity index is 2.08. The summed E-state index contributed by atoms with van der Waals surface area (Å²) in [6, 6.07) is 0.138. The highest BCUT2D eigenvalue weighted by atomic mass is 32.1. The van der Waals surface area contributed by atoms with Gasteiger partial charge in [0, 0.05) is 11.1 Å². The number of ether oxygens (including phenoxy) is 1. The van der Waals surface area contributed by atoms with Crippen LogP contribution in [0.25, 0.3) is 0 Å². The van der Waals surface area contributed by atoms with Crippen LogP contribution in [-0.4, -0.2) is 27.0 Å². The van der Waals surface area contributed by atoms with Gasteiger partial charge in [-0.2, -0.15) is 15.0 Å². The van der Waals surface area contributed by atoms with E-state index in [1.165, 1.54) is 7.11 Å². The second-order valence-corrected chi connectivity index (χ2v) is 3.87. The predicted octanol–water partition coefficient (Wildman–Crippen LogP) is -0.176. The van der Waals surface area contributed by atoms with Gasteiger partial charge in [-0.3, -0.25) is 4.79 Å². The minimum Gasteiger partial charge on any atom is -0.467 e. The maximum atomic E-state index is 10.9. The van der Waals surface area contributed by atoms with E-state index in [9.17, 15) is 4.79 Å². The molecule has 2 aromatic heterocycles. The van der Waals surface area contributed by atoms with Crippen LogP contribution in [0.2, 0.25) is 0 Å². The molecule has 8 nitrogen and oxygen atoms in total. The summed E-state index contributed by atoms with van der Waals surface area (Å²) < 4.78 is 4.85. The Hall–Kier alpha value is -2.16. The van der Waals surface area contributed by atoms with E-state index in [0.29, 0.717) is 12.5 Å². The number of methoxy groups -OCH3 is 1. The van der Waals surface area contributed by atoms with Gasteiger partial charge >= 0.3 is 10.9 Å². The molecule has 0 aromatic carbocycles. The van der Waals surface area contributed by atoms with Crippen LogP contribution in [0.5, 0.6) is 6.01 Å². The minimum atomic E-state index is -0.102. The average molecular weight is 254 g/mol. The summed E-state index contributed by atoms with van der Waals surface area (Å²) in [5, 5.41) is 4.62. The molecular formula is C8H10N6O2S. The summed E-state index contributed by atoms with van der Waals surface area (Å²) in [4.78, 5) is 25.0. The molecule has 2 heterocycles. The normalized spacial score (nSPS) is 10.2. The van der Waals surface area contributed by atoms with E-state index >= 15 is 0 Å². The van der Waals surface area contributed by atoms with Crippen LogP contribution in [0.15, 0.2) is 10.2 Å². The molecule has 0 spiro atoms. The van der Waals surface area contributed by atoms with E-state index in [1.54, 1.807) is 5.38 Å². The standard InChI is InChI=1S/C8H10N6O2S/c1-16-7-13-5(9)12-6(14-7)10-2-4-3-17-8(15)11-4/h3H,2H2,1H3,(H,11,15)(H3,9,10,12,13,14). The van der Waals surface area contributed by atoms with Crippen LogP contribution in [0, 0.1) is 0 Å². The van der Waals surface area contributed by atoms with Crippen LogP contribution in [0.3, 0.4) is 0 Å². The van der Waals surface area contributed by atoms with Crippen molar-refractivity contribution in [1.29, 1.82) is 0 Å². The summed E-state index contributed by atoms with van der Waals surface area (Å²) in [6.07, 6.45) is 0. The molecule has 2 aromatic rings. The zero-order valence-electron chi connectivity index (χ0n) is 8.93. The van der Waals surface area contributed by atoms with Crippen molar-refractivity contribution in [2.75, 3.05) is 18.2 Å². The van der Waals surface area contributed by atoms with Gasteiger partial charge in [-0.25, -0.2) is 0 Å². The van der Waals surface area contributed by atoms with Gasteiger partial charge in [-0.05, 0) is 0 Å². The van der Waals surface area contributed by atoms with Crippen molar-refractivity contribution in [3.05, 3.63) is 20.7 Å². The molecule has 0 saturated heterocycles. The number of thiazole rings is 1. The number of aromatic nitrogens is 4. The number of anilines is 2. The van der Waals surface area contributed by atoms with Gasteiger partial charge in [-0.1, -0.05) is 11.3 Å². The number of aromatic amines is 1. The number of H-pyrrole nitrogens is 1. The maximum Gasteiger partial charge on any atom is 0.322 e. The van der Waals surface area contributed by atoms with E-state index in [0.717, 1.165) is 17.0 Å². The topological polar surface area (TPSA) is 119 Å². The fourth-order valence-electron chi connectivity index (χ4n) is 1.12. The Bertz CT molecular complexity index is 565. The molecule has 0 bridgehead atoms. The average Bonchev–Trinajstić information content (AvgIpc) is 2.72. The molecule has 0 aliphatic rings. The summed E-state index contributed by atoms with van der Waals surface area (Å²) in [5.41, 5.74) is 6.22. The lowest BCUT2D eigenvalue weighted by atomic mass is 10.5. The molecule has 0 fully saturated rings. The third-order valence-electron chi connectivity index (χ3n) is 1.82. The van der Waals surface area contributed by atoms with E-state index in [1.807, 2.05) is 0 Å². The summed E-state index contributed by atoms with van der Waals surface area (Å²) in [6.45, 7) is 0.394. The van der Waals surface area contributed by atoms with E-state index in [2.05, 4.69) is 25.3 Å². The summed E-state index contributed by atoms with van der Waals surface area (Å²) >= 11 is 1.10.